The molecule has 0 saturated carbocycles. The van der Waals surface area contributed by atoms with Crippen LogP contribution < -0.4 is 0 Å². The van der Waals surface area contributed by atoms with Gasteiger partial charge in [0.2, 0.25) is 0 Å². The standard InChI is InChI=1S/C11H8O4/c12-6-2-4-7-3-1-5-8-9(7)11(14)15-10(8)13/h1-5,12H,6H2. The second-order valence-electron chi connectivity index (χ2n) is 3.03. The van der Waals surface area contributed by atoms with Gasteiger partial charge in [-0.15, -0.1) is 0 Å². The van der Waals surface area contributed by atoms with E-state index in [0.29, 0.717) is 5.56 Å². The van der Waals surface area contributed by atoms with Crippen molar-refractivity contribution < 1.29 is 19.4 Å². The fourth-order valence-corrected chi connectivity index (χ4v) is 1.48. The smallest absolute Gasteiger partial charge is 0.347 e. The zero-order valence-corrected chi connectivity index (χ0v) is 7.77. The molecule has 4 nitrogen and oxygen atoms in total. The summed E-state index contributed by atoms with van der Waals surface area (Å²) in [5, 5.41) is 8.62. The minimum absolute atomic E-state index is 0.118. The van der Waals surface area contributed by atoms with E-state index in [-0.39, 0.29) is 17.7 Å². The van der Waals surface area contributed by atoms with E-state index in [1.54, 1.807) is 24.3 Å². The van der Waals surface area contributed by atoms with Crippen LogP contribution in [0.4, 0.5) is 0 Å². The molecule has 1 aliphatic heterocycles. The van der Waals surface area contributed by atoms with Crippen LogP contribution in [-0.4, -0.2) is 23.7 Å². The molecule has 0 aromatic heterocycles. The summed E-state index contributed by atoms with van der Waals surface area (Å²) < 4.78 is 4.48. The molecular weight excluding hydrogens is 196 g/mol. The summed E-state index contributed by atoms with van der Waals surface area (Å²) in [6, 6.07) is 4.89. The van der Waals surface area contributed by atoms with E-state index in [1.807, 2.05) is 0 Å². The lowest BCUT2D eigenvalue weighted by atomic mass is 10.0. The fourth-order valence-electron chi connectivity index (χ4n) is 1.48. The Morgan fingerprint density at radius 3 is 2.80 bits per heavy atom. The Balaban J connectivity index is 2.55. The van der Waals surface area contributed by atoms with Gasteiger partial charge < -0.3 is 9.84 Å². The highest BCUT2D eigenvalue weighted by atomic mass is 16.6. The Labute approximate surface area is 85.8 Å². The molecule has 15 heavy (non-hydrogen) atoms. The van der Waals surface area contributed by atoms with Gasteiger partial charge in [-0.25, -0.2) is 9.59 Å². The molecule has 0 bridgehead atoms. The van der Waals surface area contributed by atoms with Crippen molar-refractivity contribution in [1.29, 1.82) is 0 Å². The van der Waals surface area contributed by atoms with Crippen LogP contribution in [0.2, 0.25) is 0 Å². The fraction of sp³-hybridized carbons (Fsp3) is 0.0909. The third kappa shape index (κ3) is 1.55. The largest absolute Gasteiger partial charge is 0.392 e. The van der Waals surface area contributed by atoms with Crippen LogP contribution in [0.25, 0.3) is 6.08 Å². The number of hydrogen-bond acceptors (Lipinski definition) is 4. The van der Waals surface area contributed by atoms with Crippen LogP contribution in [0, 0.1) is 0 Å². The summed E-state index contributed by atoms with van der Waals surface area (Å²) in [5.41, 5.74) is 1.13. The molecule has 1 N–H and O–H groups in total. The van der Waals surface area contributed by atoms with Crippen LogP contribution in [0.5, 0.6) is 0 Å². The monoisotopic (exact) mass is 204 g/mol. The number of aliphatic hydroxyl groups excluding tert-OH is 1. The molecule has 76 valence electrons. The number of benzene rings is 1. The second-order valence-corrected chi connectivity index (χ2v) is 3.03. The van der Waals surface area contributed by atoms with Crippen molar-refractivity contribution in [2.45, 2.75) is 0 Å². The van der Waals surface area contributed by atoms with Crippen LogP contribution in [-0.2, 0) is 4.74 Å². The lowest BCUT2D eigenvalue weighted by Gasteiger charge is -1.97. The summed E-state index contributed by atoms with van der Waals surface area (Å²) in [6.07, 6.45) is 3.07. The van der Waals surface area contributed by atoms with Crippen LogP contribution in [0.1, 0.15) is 26.3 Å². The lowest BCUT2D eigenvalue weighted by Crippen LogP contribution is -1.98. The maximum absolute atomic E-state index is 11.3. The zero-order valence-electron chi connectivity index (χ0n) is 7.77. The van der Waals surface area contributed by atoms with E-state index >= 15 is 0 Å². The average Bonchev–Trinajstić information content (AvgIpc) is 2.53. The lowest BCUT2D eigenvalue weighted by molar-refractivity contribution is 0.0444. The second kappa shape index (κ2) is 3.67. The third-order valence-corrected chi connectivity index (χ3v) is 2.11. The molecule has 0 unspecified atom stereocenters. The summed E-state index contributed by atoms with van der Waals surface area (Å²) in [7, 11) is 0. The predicted octanol–water partition coefficient (Wildman–Crippen LogP) is 1.00. The molecule has 1 aromatic carbocycles. The Hall–Kier alpha value is -1.94. The van der Waals surface area contributed by atoms with Crippen LogP contribution in [0.15, 0.2) is 24.3 Å². The molecule has 0 amide bonds. The number of rotatable bonds is 2. The minimum Gasteiger partial charge on any atom is -0.392 e. The van der Waals surface area contributed by atoms with Crippen molar-refractivity contribution >= 4 is 18.0 Å². The molecule has 1 heterocycles. The summed E-state index contributed by atoms with van der Waals surface area (Å²) >= 11 is 0. The highest BCUT2D eigenvalue weighted by molar-refractivity contribution is 6.16. The summed E-state index contributed by atoms with van der Waals surface area (Å²) in [6.45, 7) is -0.118. The number of ether oxygens (including phenoxy) is 1. The SMILES string of the molecule is O=C1OC(=O)c2c(C=CCO)cccc21. The highest BCUT2D eigenvalue weighted by Crippen LogP contribution is 2.24. The topological polar surface area (TPSA) is 63.6 Å². The van der Waals surface area contributed by atoms with Gasteiger partial charge in [-0.05, 0) is 11.6 Å². The van der Waals surface area contributed by atoms with Crippen LogP contribution in [0.3, 0.4) is 0 Å². The predicted molar refractivity (Wildman–Crippen MR) is 52.3 cm³/mol. The first-order valence-electron chi connectivity index (χ1n) is 4.41. The van der Waals surface area contributed by atoms with Crippen molar-refractivity contribution in [1.82, 2.24) is 0 Å². The molecule has 0 atom stereocenters. The molecule has 1 aromatic rings. The molecule has 2 rings (SSSR count). The number of aliphatic hydroxyl groups is 1. The normalized spacial score (nSPS) is 14.5. The van der Waals surface area contributed by atoms with Gasteiger partial charge in [0.25, 0.3) is 0 Å². The molecule has 1 aliphatic rings. The molecule has 0 fully saturated rings. The van der Waals surface area contributed by atoms with Gasteiger partial charge in [0.15, 0.2) is 0 Å². The molecule has 4 heteroatoms. The maximum Gasteiger partial charge on any atom is 0.347 e. The number of hydrogen-bond donors (Lipinski definition) is 1. The van der Waals surface area contributed by atoms with Gasteiger partial charge in [-0.2, -0.15) is 0 Å². The first-order valence-corrected chi connectivity index (χ1v) is 4.41. The number of carbonyl (C=O) groups is 2. The van der Waals surface area contributed by atoms with Crippen molar-refractivity contribution in [2.24, 2.45) is 0 Å². The number of cyclic esters (lactones) is 2. The Morgan fingerprint density at radius 1 is 1.27 bits per heavy atom. The molecular formula is C11H8O4. The molecule has 0 saturated heterocycles. The number of esters is 2. The van der Waals surface area contributed by atoms with Gasteiger partial charge in [0, 0.05) is 0 Å². The van der Waals surface area contributed by atoms with E-state index < -0.39 is 11.9 Å². The van der Waals surface area contributed by atoms with E-state index in [1.165, 1.54) is 6.08 Å². The molecule has 0 spiro atoms. The number of carbonyl (C=O) groups excluding carboxylic acids is 2. The number of fused-ring (bicyclic) bond motifs is 1. The Bertz CT molecular complexity index is 460. The quantitative estimate of drug-likeness (QED) is 0.576. The maximum atomic E-state index is 11.3. The van der Waals surface area contributed by atoms with Gasteiger partial charge in [-0.3, -0.25) is 0 Å². The first kappa shape index (κ1) is 9.61. The van der Waals surface area contributed by atoms with Crippen molar-refractivity contribution in [3.8, 4) is 0 Å². The third-order valence-electron chi connectivity index (χ3n) is 2.11. The average molecular weight is 204 g/mol. The molecule has 0 radical (unpaired) electrons. The van der Waals surface area contributed by atoms with Crippen molar-refractivity contribution in [3.63, 3.8) is 0 Å². The van der Waals surface area contributed by atoms with Crippen molar-refractivity contribution in [3.05, 3.63) is 41.0 Å². The molecule has 0 aliphatic carbocycles. The summed E-state index contributed by atoms with van der Waals surface area (Å²) in [4.78, 5) is 22.5. The van der Waals surface area contributed by atoms with Gasteiger partial charge in [0.05, 0.1) is 17.7 Å². The van der Waals surface area contributed by atoms with Gasteiger partial charge in [-0.1, -0.05) is 24.3 Å². The van der Waals surface area contributed by atoms with E-state index in [9.17, 15) is 9.59 Å². The van der Waals surface area contributed by atoms with Gasteiger partial charge >= 0.3 is 11.9 Å². The van der Waals surface area contributed by atoms with Crippen LogP contribution >= 0.6 is 0 Å². The highest BCUT2D eigenvalue weighted by Gasteiger charge is 2.31. The Morgan fingerprint density at radius 2 is 2.07 bits per heavy atom. The van der Waals surface area contributed by atoms with E-state index in [2.05, 4.69) is 4.74 Å². The first-order chi connectivity index (χ1) is 7.24. The zero-order chi connectivity index (χ0) is 10.8. The Kier molecular flexibility index (Phi) is 2.35. The van der Waals surface area contributed by atoms with E-state index in [4.69, 9.17) is 5.11 Å². The van der Waals surface area contributed by atoms with Gasteiger partial charge in [0.1, 0.15) is 0 Å². The summed E-state index contributed by atoms with van der Waals surface area (Å²) in [5.74, 6) is -1.25. The minimum atomic E-state index is -0.631. The van der Waals surface area contributed by atoms with E-state index in [0.717, 1.165) is 0 Å². The van der Waals surface area contributed by atoms with Crippen molar-refractivity contribution in [2.75, 3.05) is 6.61 Å².